The van der Waals surface area contributed by atoms with Gasteiger partial charge in [-0.25, -0.2) is 4.79 Å². The van der Waals surface area contributed by atoms with Crippen LogP contribution in [0.4, 0.5) is 13.2 Å². The molecule has 0 aliphatic heterocycles. The summed E-state index contributed by atoms with van der Waals surface area (Å²) >= 11 is 0. The summed E-state index contributed by atoms with van der Waals surface area (Å²) in [6.07, 6.45) is -3.71. The number of nitrogens with zero attached hydrogens (tertiary/aromatic N) is 1. The third-order valence-electron chi connectivity index (χ3n) is 2.66. The molecule has 0 saturated heterocycles. The third-order valence-corrected chi connectivity index (χ3v) is 2.66. The number of carboxylic acid groups (broad SMARTS) is 1. The number of aromatic nitrogens is 1. The lowest BCUT2D eigenvalue weighted by Gasteiger charge is -2.12. The average Bonchev–Trinajstić information content (AvgIpc) is 2.68. The lowest BCUT2D eigenvalue weighted by Crippen LogP contribution is -2.17. The summed E-state index contributed by atoms with van der Waals surface area (Å²) in [7, 11) is 0. The zero-order valence-corrected chi connectivity index (χ0v) is 10.0. The number of para-hydroxylation sites is 1. The Morgan fingerprint density at radius 1 is 1.35 bits per heavy atom. The SMILES string of the molecule is O=C(O)c1cn(CCO)c2c(OC(F)(F)F)cccc12. The van der Waals surface area contributed by atoms with E-state index in [2.05, 4.69) is 4.74 Å². The molecule has 0 unspecified atom stereocenters. The van der Waals surface area contributed by atoms with Crippen LogP contribution in [0.5, 0.6) is 5.75 Å². The van der Waals surface area contributed by atoms with Gasteiger partial charge in [-0.3, -0.25) is 0 Å². The quantitative estimate of drug-likeness (QED) is 0.905. The van der Waals surface area contributed by atoms with Gasteiger partial charge in [0, 0.05) is 18.1 Å². The number of alkyl halides is 3. The highest BCUT2D eigenvalue weighted by Crippen LogP contribution is 2.33. The van der Waals surface area contributed by atoms with E-state index >= 15 is 0 Å². The molecule has 108 valence electrons. The Bertz CT molecular complexity index is 648. The zero-order valence-electron chi connectivity index (χ0n) is 10.0. The summed E-state index contributed by atoms with van der Waals surface area (Å²) < 4.78 is 42.2. The fourth-order valence-corrected chi connectivity index (χ4v) is 1.99. The second-order valence-corrected chi connectivity index (χ2v) is 3.97. The number of ether oxygens (including phenoxy) is 1. The molecule has 1 heterocycles. The van der Waals surface area contributed by atoms with Crippen molar-refractivity contribution in [1.29, 1.82) is 0 Å². The smallest absolute Gasteiger partial charge is 0.478 e. The van der Waals surface area contributed by atoms with Gasteiger partial charge in [0.15, 0.2) is 5.75 Å². The van der Waals surface area contributed by atoms with Crippen molar-refractivity contribution in [3.05, 3.63) is 30.0 Å². The molecule has 0 saturated carbocycles. The molecule has 0 atom stereocenters. The van der Waals surface area contributed by atoms with E-state index in [0.717, 1.165) is 6.07 Å². The first-order chi connectivity index (χ1) is 9.33. The maximum absolute atomic E-state index is 12.4. The Morgan fingerprint density at radius 3 is 2.60 bits per heavy atom. The van der Waals surface area contributed by atoms with Crippen molar-refractivity contribution in [3.63, 3.8) is 0 Å². The third kappa shape index (κ3) is 2.69. The number of carbonyl (C=O) groups is 1. The summed E-state index contributed by atoms with van der Waals surface area (Å²) in [5, 5.41) is 18.1. The van der Waals surface area contributed by atoms with Crippen LogP contribution in [0.1, 0.15) is 10.4 Å². The first-order valence-electron chi connectivity index (χ1n) is 5.55. The molecule has 1 aromatic heterocycles. The summed E-state index contributed by atoms with van der Waals surface area (Å²) in [6.45, 7) is -0.384. The molecular weight excluding hydrogens is 279 g/mol. The van der Waals surface area contributed by atoms with Crippen LogP contribution in [0.15, 0.2) is 24.4 Å². The fraction of sp³-hybridized carbons (Fsp3) is 0.250. The van der Waals surface area contributed by atoms with Crippen LogP contribution in [0, 0.1) is 0 Å². The number of aromatic carboxylic acids is 1. The second-order valence-electron chi connectivity index (χ2n) is 3.97. The largest absolute Gasteiger partial charge is 0.573 e. The number of halogens is 3. The molecule has 5 nitrogen and oxygen atoms in total. The summed E-state index contributed by atoms with van der Waals surface area (Å²) in [4.78, 5) is 11.1. The van der Waals surface area contributed by atoms with Crippen molar-refractivity contribution >= 4 is 16.9 Å². The van der Waals surface area contributed by atoms with E-state index in [0.29, 0.717) is 0 Å². The van der Waals surface area contributed by atoms with E-state index in [9.17, 15) is 18.0 Å². The Hall–Kier alpha value is -2.22. The molecule has 0 amide bonds. The first kappa shape index (κ1) is 14.2. The number of carboxylic acids is 1. The minimum atomic E-state index is -4.88. The van der Waals surface area contributed by atoms with Crippen LogP contribution in [0.3, 0.4) is 0 Å². The van der Waals surface area contributed by atoms with Gasteiger partial charge in [0.2, 0.25) is 0 Å². The summed E-state index contributed by atoms with van der Waals surface area (Å²) in [6, 6.07) is 3.75. The minimum absolute atomic E-state index is 0.0173. The van der Waals surface area contributed by atoms with Crippen molar-refractivity contribution in [2.75, 3.05) is 6.61 Å². The molecule has 0 aliphatic carbocycles. The number of aliphatic hydroxyl groups excluding tert-OH is 1. The highest BCUT2D eigenvalue weighted by molar-refractivity contribution is 6.05. The van der Waals surface area contributed by atoms with Crippen molar-refractivity contribution in [2.45, 2.75) is 12.9 Å². The second kappa shape index (κ2) is 5.04. The Morgan fingerprint density at radius 2 is 2.05 bits per heavy atom. The van der Waals surface area contributed by atoms with Crippen molar-refractivity contribution in [1.82, 2.24) is 4.57 Å². The van der Waals surface area contributed by atoms with E-state index in [4.69, 9.17) is 10.2 Å². The average molecular weight is 289 g/mol. The van der Waals surface area contributed by atoms with E-state index < -0.39 is 18.1 Å². The van der Waals surface area contributed by atoms with Gasteiger partial charge in [-0.05, 0) is 6.07 Å². The molecule has 0 spiro atoms. The molecule has 0 aliphatic rings. The molecule has 2 N–H and O–H groups in total. The van der Waals surface area contributed by atoms with Crippen LogP contribution >= 0.6 is 0 Å². The molecule has 1 aromatic carbocycles. The number of hydrogen-bond donors (Lipinski definition) is 2. The van der Waals surface area contributed by atoms with Crippen molar-refractivity contribution in [3.8, 4) is 5.75 Å². The molecule has 20 heavy (non-hydrogen) atoms. The minimum Gasteiger partial charge on any atom is -0.478 e. The highest BCUT2D eigenvalue weighted by atomic mass is 19.4. The molecule has 2 rings (SSSR count). The van der Waals surface area contributed by atoms with Gasteiger partial charge in [0.1, 0.15) is 0 Å². The van der Waals surface area contributed by atoms with Gasteiger partial charge < -0.3 is 19.5 Å². The lowest BCUT2D eigenvalue weighted by atomic mass is 10.1. The molecule has 0 radical (unpaired) electrons. The Kier molecular flexibility index (Phi) is 3.58. The number of rotatable bonds is 4. The van der Waals surface area contributed by atoms with E-state index in [1.807, 2.05) is 0 Å². The van der Waals surface area contributed by atoms with Crippen LogP contribution < -0.4 is 4.74 Å². The topological polar surface area (TPSA) is 71.7 Å². The van der Waals surface area contributed by atoms with Crippen molar-refractivity contribution in [2.24, 2.45) is 0 Å². The first-order valence-corrected chi connectivity index (χ1v) is 5.55. The number of aliphatic hydroxyl groups is 1. The molecular formula is C12H10F3NO4. The standard InChI is InChI=1S/C12H10F3NO4/c13-12(14,15)20-9-3-1-2-7-8(11(18)19)6-16(4-5-17)10(7)9/h1-3,6,17H,4-5H2,(H,18,19). The molecule has 2 aromatic rings. The Balaban J connectivity index is 2.67. The van der Waals surface area contributed by atoms with Crippen LogP contribution in [0.25, 0.3) is 10.9 Å². The molecule has 0 bridgehead atoms. The molecule has 8 heteroatoms. The number of fused-ring (bicyclic) bond motifs is 1. The van der Waals surface area contributed by atoms with Gasteiger partial charge in [-0.15, -0.1) is 13.2 Å². The normalized spacial score (nSPS) is 11.8. The van der Waals surface area contributed by atoms with Crippen LogP contribution in [0.2, 0.25) is 0 Å². The number of benzene rings is 1. The zero-order chi connectivity index (χ0) is 14.9. The van der Waals surface area contributed by atoms with Gasteiger partial charge in [-0.2, -0.15) is 0 Å². The van der Waals surface area contributed by atoms with Gasteiger partial charge in [0.25, 0.3) is 0 Å². The fourth-order valence-electron chi connectivity index (χ4n) is 1.99. The van der Waals surface area contributed by atoms with Crippen LogP contribution in [-0.4, -0.2) is 33.7 Å². The van der Waals surface area contributed by atoms with Crippen molar-refractivity contribution < 1.29 is 32.9 Å². The lowest BCUT2D eigenvalue weighted by molar-refractivity contribution is -0.274. The monoisotopic (exact) mass is 289 g/mol. The van der Waals surface area contributed by atoms with Gasteiger partial charge in [-0.1, -0.05) is 12.1 Å². The van der Waals surface area contributed by atoms with Gasteiger partial charge in [0.05, 0.1) is 17.7 Å². The van der Waals surface area contributed by atoms with E-state index in [-0.39, 0.29) is 29.6 Å². The summed E-state index contributed by atoms with van der Waals surface area (Å²) in [5.74, 6) is -1.77. The van der Waals surface area contributed by atoms with E-state index in [1.165, 1.54) is 22.9 Å². The predicted molar refractivity (Wildman–Crippen MR) is 62.7 cm³/mol. The van der Waals surface area contributed by atoms with E-state index in [1.54, 1.807) is 0 Å². The molecule has 0 fully saturated rings. The predicted octanol–water partition coefficient (Wildman–Crippen LogP) is 2.23. The van der Waals surface area contributed by atoms with Gasteiger partial charge >= 0.3 is 12.3 Å². The maximum atomic E-state index is 12.4. The summed E-state index contributed by atoms with van der Waals surface area (Å²) in [5.41, 5.74) is -0.169. The highest BCUT2D eigenvalue weighted by Gasteiger charge is 2.32. The number of hydrogen-bond acceptors (Lipinski definition) is 3. The Labute approximate surface area is 110 Å². The maximum Gasteiger partial charge on any atom is 0.573 e. The van der Waals surface area contributed by atoms with Crippen LogP contribution in [-0.2, 0) is 6.54 Å².